The van der Waals surface area contributed by atoms with Crippen LogP contribution in [0.1, 0.15) is 44.0 Å². The summed E-state index contributed by atoms with van der Waals surface area (Å²) in [6.07, 6.45) is 1.58. The Morgan fingerprint density at radius 1 is 1.20 bits per heavy atom. The zero-order valence-corrected chi connectivity index (χ0v) is 18.4. The Balaban J connectivity index is 1.74. The molecule has 0 atom stereocenters. The first-order chi connectivity index (χ1) is 11.6. The van der Waals surface area contributed by atoms with Crippen molar-refractivity contribution in [3.05, 3.63) is 31.8 Å². The van der Waals surface area contributed by atoms with Crippen molar-refractivity contribution in [1.29, 1.82) is 0 Å². The van der Waals surface area contributed by atoms with Gasteiger partial charge in [0.05, 0.1) is 5.54 Å². The summed E-state index contributed by atoms with van der Waals surface area (Å²) in [5.41, 5.74) is -0.0379. The lowest BCUT2D eigenvalue weighted by molar-refractivity contribution is 0.000632. The molecule has 0 radical (unpaired) electrons. The lowest BCUT2D eigenvalue weighted by Crippen LogP contribution is -2.58. The quantitative estimate of drug-likeness (QED) is 0.519. The normalized spacial score (nSPS) is 19.1. The van der Waals surface area contributed by atoms with Crippen LogP contribution in [0.5, 0.6) is 0 Å². The summed E-state index contributed by atoms with van der Waals surface area (Å²) < 4.78 is 7.41. The van der Waals surface area contributed by atoms with Gasteiger partial charge in [-0.05, 0) is 74.4 Å². The zero-order valence-electron chi connectivity index (χ0n) is 14.6. The van der Waals surface area contributed by atoms with Gasteiger partial charge in [-0.2, -0.15) is 0 Å². The van der Waals surface area contributed by atoms with Gasteiger partial charge in [0.25, 0.3) is 5.91 Å². The molecule has 1 saturated carbocycles. The van der Waals surface area contributed by atoms with E-state index >= 15 is 0 Å². The molecule has 1 aromatic rings. The van der Waals surface area contributed by atoms with Gasteiger partial charge in [0.15, 0.2) is 0 Å². The van der Waals surface area contributed by atoms with Crippen LogP contribution in [0.3, 0.4) is 0 Å². The number of ether oxygens (including phenoxy) is 1. The van der Waals surface area contributed by atoms with E-state index in [0.717, 1.165) is 20.9 Å². The fraction of sp³-hybridized carbons (Fsp3) is 0.556. The van der Waals surface area contributed by atoms with E-state index in [1.165, 1.54) is 0 Å². The maximum absolute atomic E-state index is 13.0. The Bertz CT molecular complexity index is 693. The SMILES string of the molecule is CC(C)(C)OC(=O)N1CCN(C(=O)c2cc(Br)cc(I)c2)C2(CC2)C1. The molecule has 1 aromatic carbocycles. The number of amides is 2. The number of benzene rings is 1. The molecular formula is C18H22BrIN2O3. The van der Waals surface area contributed by atoms with Crippen molar-refractivity contribution in [3.63, 3.8) is 0 Å². The van der Waals surface area contributed by atoms with Crippen LogP contribution in [0.2, 0.25) is 0 Å². The maximum Gasteiger partial charge on any atom is 0.410 e. The van der Waals surface area contributed by atoms with E-state index in [1.54, 1.807) is 4.90 Å². The second-order valence-corrected chi connectivity index (χ2v) is 9.90. The molecule has 1 aliphatic carbocycles. The molecular weight excluding hydrogens is 499 g/mol. The number of hydrogen-bond donors (Lipinski definition) is 0. The summed E-state index contributed by atoms with van der Waals surface area (Å²) in [6, 6.07) is 5.75. The smallest absolute Gasteiger partial charge is 0.410 e. The van der Waals surface area contributed by atoms with Crippen molar-refractivity contribution in [3.8, 4) is 0 Å². The van der Waals surface area contributed by atoms with Crippen LogP contribution in [-0.2, 0) is 4.74 Å². The van der Waals surface area contributed by atoms with E-state index in [1.807, 2.05) is 43.9 Å². The van der Waals surface area contributed by atoms with E-state index in [0.29, 0.717) is 25.2 Å². The van der Waals surface area contributed by atoms with Crippen LogP contribution in [0, 0.1) is 3.57 Å². The second-order valence-electron chi connectivity index (χ2n) is 7.74. The number of hydrogen-bond acceptors (Lipinski definition) is 3. The standard InChI is InChI=1S/C18H22BrIN2O3/c1-17(2,3)25-16(24)21-6-7-22(18(11-21)4-5-18)15(23)12-8-13(19)10-14(20)9-12/h8-10H,4-7,11H2,1-3H3. The summed E-state index contributed by atoms with van der Waals surface area (Å²) >= 11 is 5.67. The molecule has 0 N–H and O–H groups in total. The first-order valence-electron chi connectivity index (χ1n) is 8.36. The van der Waals surface area contributed by atoms with Crippen LogP contribution < -0.4 is 0 Å². The van der Waals surface area contributed by atoms with Crippen LogP contribution >= 0.6 is 38.5 Å². The van der Waals surface area contributed by atoms with E-state index < -0.39 is 5.60 Å². The Morgan fingerprint density at radius 3 is 2.44 bits per heavy atom. The van der Waals surface area contributed by atoms with Gasteiger partial charge in [0, 0.05) is 33.2 Å². The van der Waals surface area contributed by atoms with Crippen LogP contribution in [0.25, 0.3) is 0 Å². The molecule has 0 bridgehead atoms. The highest BCUT2D eigenvalue weighted by Gasteiger charge is 2.54. The van der Waals surface area contributed by atoms with Gasteiger partial charge in [0.2, 0.25) is 0 Å². The number of piperazine rings is 1. The predicted octanol–water partition coefficient (Wildman–Crippen LogP) is 4.28. The molecule has 25 heavy (non-hydrogen) atoms. The second kappa shape index (κ2) is 6.72. The van der Waals surface area contributed by atoms with Crippen LogP contribution in [0.15, 0.2) is 22.7 Å². The largest absolute Gasteiger partial charge is 0.444 e. The Kier molecular flexibility index (Phi) is 5.09. The number of rotatable bonds is 1. The summed E-state index contributed by atoms with van der Waals surface area (Å²) in [6.45, 7) is 7.21. The van der Waals surface area contributed by atoms with Gasteiger partial charge in [-0.1, -0.05) is 15.9 Å². The summed E-state index contributed by atoms with van der Waals surface area (Å²) in [7, 11) is 0. The molecule has 1 aliphatic heterocycles. The minimum Gasteiger partial charge on any atom is -0.444 e. The van der Waals surface area contributed by atoms with Crippen molar-refractivity contribution in [1.82, 2.24) is 9.80 Å². The first-order valence-corrected chi connectivity index (χ1v) is 10.2. The highest BCUT2D eigenvalue weighted by molar-refractivity contribution is 14.1. The lowest BCUT2D eigenvalue weighted by atomic mass is 10.1. The Morgan fingerprint density at radius 2 is 1.88 bits per heavy atom. The van der Waals surface area contributed by atoms with E-state index in [-0.39, 0.29) is 17.5 Å². The fourth-order valence-electron chi connectivity index (χ4n) is 3.18. The van der Waals surface area contributed by atoms with Crippen LogP contribution in [-0.4, -0.2) is 52.6 Å². The van der Waals surface area contributed by atoms with Gasteiger partial charge in [-0.3, -0.25) is 4.79 Å². The molecule has 7 heteroatoms. The van der Waals surface area contributed by atoms with E-state index in [4.69, 9.17) is 4.74 Å². The Labute approximate surface area is 170 Å². The molecule has 2 fully saturated rings. The Hall–Kier alpha value is -0.830. The van der Waals surface area contributed by atoms with E-state index in [2.05, 4.69) is 38.5 Å². The fourth-order valence-corrected chi connectivity index (χ4v) is 4.77. The van der Waals surface area contributed by atoms with Gasteiger partial charge in [-0.25, -0.2) is 4.79 Å². The van der Waals surface area contributed by atoms with Crippen molar-refractivity contribution >= 4 is 50.5 Å². The minimum absolute atomic E-state index is 0.0422. The summed E-state index contributed by atoms with van der Waals surface area (Å²) in [5, 5.41) is 0. The van der Waals surface area contributed by atoms with Crippen molar-refractivity contribution in [2.45, 2.75) is 44.8 Å². The van der Waals surface area contributed by atoms with Gasteiger partial charge < -0.3 is 14.5 Å². The van der Waals surface area contributed by atoms with Gasteiger partial charge in [-0.15, -0.1) is 0 Å². The number of carbonyl (C=O) groups is 2. The molecule has 1 heterocycles. The van der Waals surface area contributed by atoms with E-state index in [9.17, 15) is 9.59 Å². The topological polar surface area (TPSA) is 49.9 Å². The monoisotopic (exact) mass is 520 g/mol. The molecule has 1 spiro atoms. The number of carbonyl (C=O) groups excluding carboxylic acids is 2. The number of halogens is 2. The summed E-state index contributed by atoms with van der Waals surface area (Å²) in [4.78, 5) is 29.1. The van der Waals surface area contributed by atoms with Gasteiger partial charge >= 0.3 is 6.09 Å². The zero-order chi connectivity index (χ0) is 18.4. The molecule has 2 amide bonds. The molecule has 136 valence electrons. The van der Waals surface area contributed by atoms with Crippen LogP contribution in [0.4, 0.5) is 4.79 Å². The van der Waals surface area contributed by atoms with Crippen molar-refractivity contribution in [2.75, 3.05) is 19.6 Å². The van der Waals surface area contributed by atoms with Gasteiger partial charge in [0.1, 0.15) is 5.60 Å². The van der Waals surface area contributed by atoms with Crippen molar-refractivity contribution < 1.29 is 14.3 Å². The predicted molar refractivity (Wildman–Crippen MR) is 108 cm³/mol. The molecule has 5 nitrogen and oxygen atoms in total. The number of nitrogens with zero attached hydrogens (tertiary/aromatic N) is 2. The lowest BCUT2D eigenvalue weighted by Gasteiger charge is -2.42. The molecule has 0 aromatic heterocycles. The third-order valence-electron chi connectivity index (χ3n) is 4.48. The average molecular weight is 521 g/mol. The maximum atomic E-state index is 13.0. The molecule has 1 saturated heterocycles. The minimum atomic E-state index is -0.506. The first kappa shape index (κ1) is 18.9. The highest BCUT2D eigenvalue weighted by atomic mass is 127. The highest BCUT2D eigenvalue weighted by Crippen LogP contribution is 2.45. The summed E-state index contributed by atoms with van der Waals surface area (Å²) in [5.74, 6) is 0.0422. The third-order valence-corrected chi connectivity index (χ3v) is 5.57. The molecule has 0 unspecified atom stereocenters. The third kappa shape index (κ3) is 4.30. The molecule has 3 rings (SSSR count). The average Bonchev–Trinajstić information content (AvgIpc) is 3.23. The van der Waals surface area contributed by atoms with Crippen molar-refractivity contribution in [2.24, 2.45) is 0 Å². The molecule has 2 aliphatic rings.